The minimum atomic E-state index is 1.15. The van der Waals surface area contributed by atoms with Crippen LogP contribution in [0.25, 0.3) is 11.1 Å². The molecule has 0 unspecified atom stereocenters. The van der Waals surface area contributed by atoms with Gasteiger partial charge in [-0.25, -0.2) is 0 Å². The second-order valence-electron chi connectivity index (χ2n) is 6.49. The zero-order chi connectivity index (χ0) is 16.7. The molecule has 0 amide bonds. The van der Waals surface area contributed by atoms with E-state index in [0.717, 1.165) is 6.42 Å². The number of aryl methyl sites for hydroxylation is 1. The topological polar surface area (TPSA) is 3.24 Å². The minimum Gasteiger partial charge on any atom is -0.303 e. The second kappa shape index (κ2) is 8.88. The van der Waals surface area contributed by atoms with Gasteiger partial charge in [0.2, 0.25) is 0 Å². The quantitative estimate of drug-likeness (QED) is 0.610. The zero-order valence-corrected chi connectivity index (χ0v) is 15.2. The summed E-state index contributed by atoms with van der Waals surface area (Å²) in [7, 11) is 0. The molecule has 1 nitrogen and oxygen atoms in total. The van der Waals surface area contributed by atoms with Crippen LogP contribution in [0.1, 0.15) is 43.4 Å². The first-order valence-electron chi connectivity index (χ1n) is 9.04. The van der Waals surface area contributed by atoms with Gasteiger partial charge in [0.15, 0.2) is 0 Å². The smallest absolute Gasteiger partial charge is 0.00220 e. The number of hydrogen-bond acceptors (Lipinski definition) is 1. The zero-order valence-electron chi connectivity index (χ0n) is 15.2. The number of rotatable bonds is 8. The largest absolute Gasteiger partial charge is 0.303 e. The molecule has 0 saturated carbocycles. The summed E-state index contributed by atoms with van der Waals surface area (Å²) in [5, 5.41) is 0. The van der Waals surface area contributed by atoms with E-state index >= 15 is 0 Å². The third-order valence-corrected chi connectivity index (χ3v) is 4.68. The van der Waals surface area contributed by atoms with Crippen LogP contribution in [-0.4, -0.2) is 24.5 Å². The van der Waals surface area contributed by atoms with Crippen molar-refractivity contribution in [3.63, 3.8) is 0 Å². The molecule has 1 heteroatoms. The molecule has 0 aliphatic rings. The molecule has 2 rings (SSSR count). The first kappa shape index (κ1) is 17.7. The lowest BCUT2D eigenvalue weighted by Gasteiger charge is -2.22. The predicted octanol–water partition coefficient (Wildman–Crippen LogP) is 5.63. The maximum Gasteiger partial charge on any atom is 0.00220 e. The van der Waals surface area contributed by atoms with E-state index < -0.39 is 0 Å². The molecular weight excluding hydrogens is 278 g/mol. The van der Waals surface area contributed by atoms with E-state index in [0.29, 0.717) is 0 Å². The number of benzene rings is 2. The molecule has 0 aliphatic carbocycles. The Hall–Kier alpha value is -1.60. The van der Waals surface area contributed by atoms with E-state index in [1.54, 1.807) is 0 Å². The third kappa shape index (κ3) is 4.68. The van der Waals surface area contributed by atoms with Gasteiger partial charge in [0.05, 0.1) is 0 Å². The van der Waals surface area contributed by atoms with Gasteiger partial charge >= 0.3 is 0 Å². The lowest BCUT2D eigenvalue weighted by atomic mass is 9.91. The lowest BCUT2D eigenvalue weighted by Crippen LogP contribution is -2.28. The average Bonchev–Trinajstić information content (AvgIpc) is 2.56. The maximum atomic E-state index is 2.61. The van der Waals surface area contributed by atoms with Gasteiger partial charge in [-0.1, -0.05) is 56.3 Å². The van der Waals surface area contributed by atoms with Crippen molar-refractivity contribution in [2.24, 2.45) is 0 Å². The molecule has 2 aromatic rings. The fourth-order valence-electron chi connectivity index (χ4n) is 3.45. The summed E-state index contributed by atoms with van der Waals surface area (Å²) < 4.78 is 0. The van der Waals surface area contributed by atoms with Crippen LogP contribution < -0.4 is 0 Å². The summed E-state index contributed by atoms with van der Waals surface area (Å²) in [5.41, 5.74) is 7.11. The van der Waals surface area contributed by atoms with Crippen molar-refractivity contribution in [1.82, 2.24) is 4.90 Å². The highest BCUT2D eigenvalue weighted by molar-refractivity contribution is 5.69. The maximum absolute atomic E-state index is 2.61. The summed E-state index contributed by atoms with van der Waals surface area (Å²) in [6.07, 6.45) is 3.63. The van der Waals surface area contributed by atoms with Gasteiger partial charge in [-0.05, 0) is 74.0 Å². The van der Waals surface area contributed by atoms with Crippen LogP contribution >= 0.6 is 0 Å². The van der Waals surface area contributed by atoms with Crippen LogP contribution in [0.3, 0.4) is 0 Å². The Morgan fingerprint density at radius 2 is 1.43 bits per heavy atom. The van der Waals surface area contributed by atoms with Gasteiger partial charge in [-0.15, -0.1) is 0 Å². The van der Waals surface area contributed by atoms with Crippen LogP contribution in [0.2, 0.25) is 0 Å². The van der Waals surface area contributed by atoms with Crippen molar-refractivity contribution < 1.29 is 0 Å². The van der Waals surface area contributed by atoms with E-state index in [4.69, 9.17) is 0 Å². The van der Waals surface area contributed by atoms with Gasteiger partial charge in [-0.2, -0.15) is 0 Å². The van der Waals surface area contributed by atoms with Gasteiger partial charge < -0.3 is 4.90 Å². The summed E-state index contributed by atoms with van der Waals surface area (Å²) in [5.74, 6) is 0. The van der Waals surface area contributed by atoms with Crippen molar-refractivity contribution in [3.8, 4) is 11.1 Å². The van der Waals surface area contributed by atoms with Crippen molar-refractivity contribution in [3.05, 3.63) is 59.2 Å². The van der Waals surface area contributed by atoms with Gasteiger partial charge in [0, 0.05) is 6.54 Å². The summed E-state index contributed by atoms with van der Waals surface area (Å²) >= 11 is 0. The molecular formula is C22H31N. The fourth-order valence-corrected chi connectivity index (χ4v) is 3.45. The van der Waals surface area contributed by atoms with Gasteiger partial charge in [0.25, 0.3) is 0 Å². The lowest BCUT2D eigenvalue weighted by molar-refractivity contribution is 0.278. The molecule has 2 aromatic carbocycles. The molecule has 0 aliphatic heterocycles. The molecule has 0 saturated heterocycles. The van der Waals surface area contributed by atoms with Crippen LogP contribution in [-0.2, 0) is 6.42 Å². The van der Waals surface area contributed by atoms with Crippen molar-refractivity contribution in [2.45, 2.75) is 47.0 Å². The molecule has 0 radical (unpaired) electrons. The van der Waals surface area contributed by atoms with Crippen molar-refractivity contribution in [1.29, 1.82) is 0 Å². The molecule has 0 N–H and O–H groups in total. The van der Waals surface area contributed by atoms with Crippen LogP contribution in [0.4, 0.5) is 0 Å². The highest BCUT2D eigenvalue weighted by atomic mass is 15.1. The first-order chi connectivity index (χ1) is 11.2. The number of hydrogen-bond donors (Lipinski definition) is 0. The Labute approximate surface area is 142 Å². The Morgan fingerprint density at radius 3 is 2.04 bits per heavy atom. The standard InChI is InChI=1S/C22H31N/c1-5-15-23(16-6-2)17-14-21-18(3)12-13-22(19(21)4)20-10-8-7-9-11-20/h7-13H,5-6,14-17H2,1-4H3. The van der Waals surface area contributed by atoms with Crippen molar-refractivity contribution in [2.75, 3.05) is 19.6 Å². The molecule has 0 fully saturated rings. The summed E-state index contributed by atoms with van der Waals surface area (Å²) in [4.78, 5) is 2.61. The Kier molecular flexibility index (Phi) is 6.85. The van der Waals surface area contributed by atoms with Crippen molar-refractivity contribution >= 4 is 0 Å². The Morgan fingerprint density at radius 1 is 0.783 bits per heavy atom. The van der Waals surface area contributed by atoms with E-state index in [-0.39, 0.29) is 0 Å². The molecule has 124 valence electrons. The monoisotopic (exact) mass is 309 g/mol. The predicted molar refractivity (Wildman–Crippen MR) is 102 cm³/mol. The normalized spacial score (nSPS) is 11.2. The van der Waals surface area contributed by atoms with E-state index in [1.165, 1.54) is 60.3 Å². The summed E-state index contributed by atoms with van der Waals surface area (Å²) in [6, 6.07) is 15.3. The summed E-state index contributed by atoms with van der Waals surface area (Å²) in [6.45, 7) is 12.7. The number of nitrogens with zero attached hydrogens (tertiary/aromatic N) is 1. The van der Waals surface area contributed by atoms with Gasteiger partial charge in [-0.3, -0.25) is 0 Å². The molecule has 23 heavy (non-hydrogen) atoms. The minimum absolute atomic E-state index is 1.15. The van der Waals surface area contributed by atoms with Crippen LogP contribution in [0.5, 0.6) is 0 Å². The Balaban J connectivity index is 2.21. The first-order valence-corrected chi connectivity index (χ1v) is 9.04. The van der Waals surface area contributed by atoms with E-state index in [1.807, 2.05) is 0 Å². The highest BCUT2D eigenvalue weighted by Crippen LogP contribution is 2.28. The van der Waals surface area contributed by atoms with Crippen LogP contribution in [0.15, 0.2) is 42.5 Å². The molecule has 0 bridgehead atoms. The molecule has 0 spiro atoms. The van der Waals surface area contributed by atoms with E-state index in [9.17, 15) is 0 Å². The van der Waals surface area contributed by atoms with Gasteiger partial charge in [0.1, 0.15) is 0 Å². The van der Waals surface area contributed by atoms with Crippen LogP contribution in [0, 0.1) is 13.8 Å². The second-order valence-corrected chi connectivity index (χ2v) is 6.49. The molecule has 0 atom stereocenters. The molecule has 0 aromatic heterocycles. The average molecular weight is 309 g/mol. The SMILES string of the molecule is CCCN(CCC)CCc1c(C)ccc(-c2ccccc2)c1C. The highest BCUT2D eigenvalue weighted by Gasteiger charge is 2.11. The Bertz CT molecular complexity index is 595. The molecule has 0 heterocycles. The third-order valence-electron chi connectivity index (χ3n) is 4.68. The van der Waals surface area contributed by atoms with E-state index in [2.05, 4.69) is 75.1 Å². The fraction of sp³-hybridized carbons (Fsp3) is 0.455.